The van der Waals surface area contributed by atoms with E-state index in [0.29, 0.717) is 24.7 Å². The SMILES string of the molecule is Cc1cc(C)c(OCc2ccccc2)c([Se](=O)c2cc(C)cc(C)c2OCc2ccccc2)c1. The van der Waals surface area contributed by atoms with Crippen LogP contribution in [-0.4, -0.2) is 13.8 Å². The van der Waals surface area contributed by atoms with Crippen LogP contribution in [0.1, 0.15) is 33.4 Å². The second-order valence-corrected chi connectivity index (χ2v) is 11.6. The van der Waals surface area contributed by atoms with E-state index < -0.39 is 13.8 Å². The minimum atomic E-state index is -2.69. The first-order valence-electron chi connectivity index (χ1n) is 11.4. The van der Waals surface area contributed by atoms with Gasteiger partial charge in [-0.2, -0.15) is 0 Å². The van der Waals surface area contributed by atoms with Gasteiger partial charge in [0.1, 0.15) is 0 Å². The minimum absolute atomic E-state index is 0.431. The van der Waals surface area contributed by atoms with Gasteiger partial charge in [-0.25, -0.2) is 0 Å². The average molecular weight is 518 g/mol. The van der Waals surface area contributed by atoms with E-state index in [1.54, 1.807) is 0 Å². The Bertz CT molecular complexity index is 1200. The van der Waals surface area contributed by atoms with Crippen molar-refractivity contribution in [3.8, 4) is 11.5 Å². The molecule has 4 aromatic carbocycles. The molecule has 0 unspecified atom stereocenters. The van der Waals surface area contributed by atoms with Crippen molar-refractivity contribution in [1.82, 2.24) is 0 Å². The summed E-state index contributed by atoms with van der Waals surface area (Å²) in [5.74, 6) is 1.42. The molecular formula is C30H30O3Se. The van der Waals surface area contributed by atoms with E-state index in [9.17, 15) is 3.83 Å². The molecule has 0 spiro atoms. The molecule has 0 saturated carbocycles. The number of ether oxygens (including phenoxy) is 2. The summed E-state index contributed by atoms with van der Waals surface area (Å²) in [6.45, 7) is 8.96. The maximum absolute atomic E-state index is 14.2. The monoisotopic (exact) mass is 518 g/mol. The van der Waals surface area contributed by atoms with Crippen LogP contribution in [0.4, 0.5) is 0 Å². The molecule has 4 aromatic rings. The molecule has 4 rings (SSSR count). The summed E-state index contributed by atoms with van der Waals surface area (Å²) in [5.41, 5.74) is 6.28. The van der Waals surface area contributed by atoms with Gasteiger partial charge in [-0.05, 0) is 0 Å². The zero-order chi connectivity index (χ0) is 24.1. The summed E-state index contributed by atoms with van der Waals surface area (Å²) in [5, 5.41) is 0. The van der Waals surface area contributed by atoms with Crippen LogP contribution in [0.2, 0.25) is 0 Å². The Labute approximate surface area is 206 Å². The number of rotatable bonds is 8. The van der Waals surface area contributed by atoms with Crippen LogP contribution in [0.3, 0.4) is 0 Å². The van der Waals surface area contributed by atoms with Crippen LogP contribution in [0.15, 0.2) is 84.9 Å². The van der Waals surface area contributed by atoms with Crippen molar-refractivity contribution >= 4 is 22.8 Å². The second-order valence-electron chi connectivity index (χ2n) is 8.64. The summed E-state index contributed by atoms with van der Waals surface area (Å²) < 4.78 is 28.2. The first-order valence-corrected chi connectivity index (χ1v) is 13.8. The van der Waals surface area contributed by atoms with E-state index in [1.807, 2.05) is 100 Å². The van der Waals surface area contributed by atoms with E-state index in [0.717, 1.165) is 42.3 Å². The van der Waals surface area contributed by atoms with Crippen LogP contribution in [0.25, 0.3) is 0 Å². The van der Waals surface area contributed by atoms with Gasteiger partial charge in [0.2, 0.25) is 0 Å². The molecule has 3 nitrogen and oxygen atoms in total. The van der Waals surface area contributed by atoms with E-state index in [4.69, 9.17) is 9.47 Å². The third-order valence-electron chi connectivity index (χ3n) is 5.62. The van der Waals surface area contributed by atoms with Gasteiger partial charge in [0.25, 0.3) is 0 Å². The van der Waals surface area contributed by atoms with Crippen LogP contribution >= 0.6 is 0 Å². The predicted octanol–water partition coefficient (Wildman–Crippen LogP) is 5.61. The van der Waals surface area contributed by atoms with Gasteiger partial charge < -0.3 is 0 Å². The van der Waals surface area contributed by atoms with E-state index >= 15 is 0 Å². The van der Waals surface area contributed by atoms with Crippen LogP contribution in [0, 0.1) is 27.7 Å². The molecule has 0 atom stereocenters. The summed E-state index contributed by atoms with van der Waals surface area (Å²) >= 11 is -2.69. The molecular weight excluding hydrogens is 487 g/mol. The Morgan fingerprint density at radius 2 is 0.971 bits per heavy atom. The number of benzene rings is 4. The zero-order valence-corrected chi connectivity index (χ0v) is 21.8. The Morgan fingerprint density at radius 1 is 0.588 bits per heavy atom. The van der Waals surface area contributed by atoms with Crippen molar-refractivity contribution in [2.24, 2.45) is 0 Å². The van der Waals surface area contributed by atoms with Gasteiger partial charge in [0, 0.05) is 0 Å². The molecule has 0 N–H and O–H groups in total. The summed E-state index contributed by atoms with van der Waals surface area (Å²) in [7, 11) is 0. The molecule has 0 heterocycles. The molecule has 0 aliphatic rings. The Balaban J connectivity index is 1.70. The molecule has 0 bridgehead atoms. The molecule has 0 aliphatic heterocycles. The van der Waals surface area contributed by atoms with E-state index in [2.05, 4.69) is 12.1 Å². The molecule has 0 radical (unpaired) electrons. The van der Waals surface area contributed by atoms with Crippen molar-refractivity contribution < 1.29 is 13.3 Å². The Hall–Kier alpha value is -3.20. The normalized spacial score (nSPS) is 11.0. The zero-order valence-electron chi connectivity index (χ0n) is 20.1. The summed E-state index contributed by atoms with van der Waals surface area (Å²) in [4.78, 5) is 0. The van der Waals surface area contributed by atoms with Gasteiger partial charge in [-0.15, -0.1) is 0 Å². The topological polar surface area (TPSA) is 35.5 Å². The summed E-state index contributed by atoms with van der Waals surface area (Å²) in [6.07, 6.45) is 0. The molecule has 0 amide bonds. The van der Waals surface area contributed by atoms with Crippen molar-refractivity contribution in [3.63, 3.8) is 0 Å². The number of hydrogen-bond donors (Lipinski definition) is 0. The van der Waals surface area contributed by atoms with Crippen molar-refractivity contribution in [2.45, 2.75) is 40.9 Å². The quantitative estimate of drug-likeness (QED) is 0.285. The number of aryl methyl sites for hydroxylation is 4. The third kappa shape index (κ3) is 5.64. The molecule has 0 saturated heterocycles. The first-order chi connectivity index (χ1) is 16.4. The molecule has 0 aromatic heterocycles. The van der Waals surface area contributed by atoms with Gasteiger partial charge in [-0.1, -0.05) is 0 Å². The van der Waals surface area contributed by atoms with E-state index in [-0.39, 0.29) is 0 Å². The van der Waals surface area contributed by atoms with Gasteiger partial charge >= 0.3 is 207 Å². The van der Waals surface area contributed by atoms with Crippen LogP contribution < -0.4 is 18.4 Å². The fraction of sp³-hybridized carbons (Fsp3) is 0.200. The molecule has 34 heavy (non-hydrogen) atoms. The van der Waals surface area contributed by atoms with Crippen molar-refractivity contribution in [1.29, 1.82) is 0 Å². The number of hydrogen-bond acceptors (Lipinski definition) is 3. The molecule has 174 valence electrons. The first kappa shape index (κ1) is 23.9. The van der Waals surface area contributed by atoms with Crippen molar-refractivity contribution in [3.05, 3.63) is 118 Å². The van der Waals surface area contributed by atoms with Gasteiger partial charge in [0.05, 0.1) is 0 Å². The summed E-state index contributed by atoms with van der Waals surface area (Å²) in [6, 6.07) is 28.3. The Morgan fingerprint density at radius 3 is 1.35 bits per heavy atom. The Kier molecular flexibility index (Phi) is 7.62. The van der Waals surface area contributed by atoms with Gasteiger partial charge in [-0.3, -0.25) is 0 Å². The maximum atomic E-state index is 14.2. The molecule has 0 fully saturated rings. The molecule has 0 aliphatic carbocycles. The fourth-order valence-electron chi connectivity index (χ4n) is 4.05. The van der Waals surface area contributed by atoms with Crippen LogP contribution in [0.5, 0.6) is 11.5 Å². The predicted molar refractivity (Wildman–Crippen MR) is 139 cm³/mol. The van der Waals surface area contributed by atoms with Gasteiger partial charge in [0.15, 0.2) is 0 Å². The standard InChI is InChI=1S/C30H30O3Se/c1-21-15-23(3)29(32-19-25-11-7-5-8-12-25)27(17-21)34(31)28-18-22(2)16-24(4)30(28)33-20-26-13-9-6-10-14-26/h5-18H,19-20H2,1-4H3. The van der Waals surface area contributed by atoms with Crippen LogP contribution in [-0.2, 0) is 17.0 Å². The van der Waals surface area contributed by atoms with Crippen molar-refractivity contribution in [2.75, 3.05) is 0 Å². The third-order valence-corrected chi connectivity index (χ3v) is 8.57. The fourth-order valence-corrected chi connectivity index (χ4v) is 7.41. The van der Waals surface area contributed by atoms with E-state index in [1.165, 1.54) is 0 Å². The second kappa shape index (κ2) is 10.8. The molecule has 4 heteroatoms. The average Bonchev–Trinajstić information content (AvgIpc) is 2.83.